The lowest BCUT2D eigenvalue weighted by Crippen LogP contribution is -2.11. The Morgan fingerprint density at radius 3 is 1.86 bits per heavy atom. The van der Waals surface area contributed by atoms with Gasteiger partial charge in [-0.15, -0.1) is 0 Å². The Labute approximate surface area is 211 Å². The van der Waals surface area contributed by atoms with Crippen LogP contribution in [0.25, 0.3) is 43.1 Å². The summed E-state index contributed by atoms with van der Waals surface area (Å²) in [6.45, 7) is 4.57. The van der Waals surface area contributed by atoms with Gasteiger partial charge in [-0.25, -0.2) is 0 Å². The maximum absolute atomic E-state index is 2.43. The van der Waals surface area contributed by atoms with Gasteiger partial charge in [-0.2, -0.15) is 0 Å². The minimum Gasteiger partial charge on any atom is -0.309 e. The Morgan fingerprint density at radius 2 is 1.06 bits per heavy atom. The number of hydrogen-bond acceptors (Lipinski definition) is 1. The molecule has 36 heavy (non-hydrogen) atoms. The quantitative estimate of drug-likeness (QED) is 0.236. The molecule has 0 N–H and O–H groups in total. The summed E-state index contributed by atoms with van der Waals surface area (Å²) in [6, 6.07) is 44.4. The lowest BCUT2D eigenvalue weighted by molar-refractivity contribution is 0.877. The molecule has 0 aliphatic rings. The first kappa shape index (κ1) is 21.0. The number of hydrogen-bond donors (Lipinski definition) is 0. The largest absolute Gasteiger partial charge is 0.309 e. The molecule has 0 spiro atoms. The Kier molecular flexibility index (Phi) is 4.72. The van der Waals surface area contributed by atoms with Crippen LogP contribution < -0.4 is 4.90 Å². The molecule has 0 saturated carbocycles. The molecule has 0 aliphatic carbocycles. The molecule has 0 radical (unpaired) electrons. The second kappa shape index (κ2) is 8.10. The van der Waals surface area contributed by atoms with Crippen molar-refractivity contribution < 1.29 is 0 Å². The average Bonchev–Trinajstić information content (AvgIpc) is 2.93. The van der Waals surface area contributed by atoms with Crippen molar-refractivity contribution in [3.63, 3.8) is 0 Å². The van der Waals surface area contributed by atoms with Crippen molar-refractivity contribution in [1.82, 2.24) is 0 Å². The molecule has 7 aromatic rings. The first-order valence-corrected chi connectivity index (χ1v) is 12.7. The minimum atomic E-state index is 0.477. The summed E-state index contributed by atoms with van der Waals surface area (Å²) in [5.41, 5.74) is 4.97. The third-order valence-corrected chi connectivity index (χ3v) is 7.56. The molecule has 0 bridgehead atoms. The van der Waals surface area contributed by atoms with Crippen molar-refractivity contribution in [3.05, 3.63) is 127 Å². The fourth-order valence-electron chi connectivity index (χ4n) is 5.89. The smallest absolute Gasteiger partial charge is 0.0540 e. The molecule has 1 heteroatoms. The van der Waals surface area contributed by atoms with E-state index >= 15 is 0 Å². The Morgan fingerprint density at radius 1 is 0.444 bits per heavy atom. The predicted octanol–water partition coefficient (Wildman–Crippen LogP) is 10.3. The molecule has 172 valence electrons. The van der Waals surface area contributed by atoms with E-state index < -0.39 is 0 Å². The molecule has 7 rings (SSSR count). The zero-order chi connectivity index (χ0) is 24.2. The van der Waals surface area contributed by atoms with Crippen molar-refractivity contribution in [2.75, 3.05) is 4.90 Å². The van der Waals surface area contributed by atoms with E-state index in [4.69, 9.17) is 0 Å². The van der Waals surface area contributed by atoms with Gasteiger partial charge in [0, 0.05) is 16.5 Å². The maximum atomic E-state index is 2.43. The van der Waals surface area contributed by atoms with Crippen molar-refractivity contribution in [1.29, 1.82) is 0 Å². The number of rotatable bonds is 4. The van der Waals surface area contributed by atoms with E-state index in [1.807, 2.05) is 0 Å². The van der Waals surface area contributed by atoms with Crippen LogP contribution in [0.2, 0.25) is 0 Å². The third-order valence-electron chi connectivity index (χ3n) is 7.56. The first-order valence-electron chi connectivity index (χ1n) is 12.7. The Balaban J connectivity index is 1.60. The molecule has 0 saturated heterocycles. The normalized spacial score (nSPS) is 11.9. The van der Waals surface area contributed by atoms with Crippen LogP contribution in [0.3, 0.4) is 0 Å². The molecule has 0 aromatic heterocycles. The van der Waals surface area contributed by atoms with Gasteiger partial charge in [0.05, 0.1) is 11.4 Å². The molecule has 1 nitrogen and oxygen atoms in total. The van der Waals surface area contributed by atoms with E-state index in [1.54, 1.807) is 0 Å². The highest BCUT2D eigenvalue weighted by Crippen LogP contribution is 2.46. The summed E-state index contributed by atoms with van der Waals surface area (Å²) < 4.78 is 0. The van der Waals surface area contributed by atoms with Crippen molar-refractivity contribution in [2.45, 2.75) is 19.8 Å². The van der Waals surface area contributed by atoms with E-state index in [0.717, 1.165) is 5.69 Å². The summed E-state index contributed by atoms with van der Waals surface area (Å²) in [4.78, 5) is 2.43. The predicted molar refractivity (Wildman–Crippen MR) is 156 cm³/mol. The van der Waals surface area contributed by atoms with Crippen molar-refractivity contribution in [2.24, 2.45) is 0 Å². The van der Waals surface area contributed by atoms with Crippen LogP contribution >= 0.6 is 0 Å². The van der Waals surface area contributed by atoms with E-state index in [9.17, 15) is 0 Å². The molecule has 0 amide bonds. The Hall–Kier alpha value is -4.36. The molecule has 0 fully saturated rings. The third kappa shape index (κ3) is 3.09. The minimum absolute atomic E-state index is 0.477. The van der Waals surface area contributed by atoms with Crippen LogP contribution in [0.15, 0.2) is 121 Å². The fraction of sp³-hybridized carbons (Fsp3) is 0.0857. The SMILES string of the molecule is CC(C)c1ccc2ccc3c(N(c4ccccc4)c4cccc5ccccc45)ccc4ccc1c2c43. The number of nitrogens with zero attached hydrogens (tertiary/aromatic N) is 1. The van der Waals surface area contributed by atoms with Gasteiger partial charge in [-0.3, -0.25) is 0 Å². The van der Waals surface area contributed by atoms with Gasteiger partial charge in [-0.05, 0) is 68.1 Å². The number of fused-ring (bicyclic) bond motifs is 1. The Bertz CT molecular complexity index is 1860. The second-order valence-electron chi connectivity index (χ2n) is 9.99. The summed E-state index contributed by atoms with van der Waals surface area (Å²) in [7, 11) is 0. The lowest BCUT2D eigenvalue weighted by Gasteiger charge is -2.29. The van der Waals surface area contributed by atoms with Gasteiger partial charge in [0.1, 0.15) is 0 Å². The van der Waals surface area contributed by atoms with Crippen LogP contribution in [0.5, 0.6) is 0 Å². The number of anilines is 3. The van der Waals surface area contributed by atoms with Crippen LogP contribution in [-0.4, -0.2) is 0 Å². The van der Waals surface area contributed by atoms with Gasteiger partial charge < -0.3 is 4.90 Å². The van der Waals surface area contributed by atoms with Crippen LogP contribution in [-0.2, 0) is 0 Å². The summed E-state index contributed by atoms with van der Waals surface area (Å²) in [5.74, 6) is 0.477. The monoisotopic (exact) mass is 461 g/mol. The van der Waals surface area contributed by atoms with Gasteiger partial charge in [-0.1, -0.05) is 111 Å². The second-order valence-corrected chi connectivity index (χ2v) is 9.99. The zero-order valence-electron chi connectivity index (χ0n) is 20.6. The van der Waals surface area contributed by atoms with Crippen LogP contribution in [0.1, 0.15) is 25.3 Å². The molecule has 0 unspecified atom stereocenters. The number of para-hydroxylation sites is 1. The highest BCUT2D eigenvalue weighted by molar-refractivity contribution is 6.26. The van der Waals surface area contributed by atoms with Gasteiger partial charge >= 0.3 is 0 Å². The van der Waals surface area contributed by atoms with Gasteiger partial charge in [0.15, 0.2) is 0 Å². The molecule has 0 heterocycles. The van der Waals surface area contributed by atoms with Crippen LogP contribution in [0.4, 0.5) is 17.1 Å². The zero-order valence-corrected chi connectivity index (χ0v) is 20.6. The van der Waals surface area contributed by atoms with E-state index in [-0.39, 0.29) is 0 Å². The topological polar surface area (TPSA) is 3.24 Å². The highest BCUT2D eigenvalue weighted by atomic mass is 15.1. The number of benzene rings is 7. The molecular weight excluding hydrogens is 434 g/mol. The molecule has 7 aromatic carbocycles. The molecule has 0 atom stereocenters. The average molecular weight is 462 g/mol. The van der Waals surface area contributed by atoms with E-state index in [0.29, 0.717) is 5.92 Å². The van der Waals surface area contributed by atoms with Crippen LogP contribution in [0, 0.1) is 0 Å². The standard InChI is InChI=1S/C35H27N/c1-23(2)28-19-15-25-17-21-31-33(22-18-26-16-20-30(28)34(25)35(26)31)36(27-11-4-3-5-12-27)32-14-8-10-24-9-6-7-13-29(24)32/h3-23H,1-2H3. The summed E-state index contributed by atoms with van der Waals surface area (Å²) in [5, 5.41) is 10.5. The maximum Gasteiger partial charge on any atom is 0.0540 e. The molecule has 0 aliphatic heterocycles. The first-order chi connectivity index (χ1) is 17.7. The lowest BCUT2D eigenvalue weighted by atomic mass is 9.88. The fourth-order valence-corrected chi connectivity index (χ4v) is 5.89. The summed E-state index contributed by atoms with van der Waals surface area (Å²) >= 11 is 0. The summed E-state index contributed by atoms with van der Waals surface area (Å²) in [6.07, 6.45) is 0. The van der Waals surface area contributed by atoms with E-state index in [2.05, 4.69) is 140 Å². The van der Waals surface area contributed by atoms with Crippen molar-refractivity contribution in [3.8, 4) is 0 Å². The van der Waals surface area contributed by atoms with E-state index in [1.165, 1.54) is 60.0 Å². The van der Waals surface area contributed by atoms with Gasteiger partial charge in [0.25, 0.3) is 0 Å². The highest BCUT2D eigenvalue weighted by Gasteiger charge is 2.20. The van der Waals surface area contributed by atoms with Crippen molar-refractivity contribution >= 4 is 60.2 Å². The molecular formula is C35H27N. The van der Waals surface area contributed by atoms with Gasteiger partial charge in [0.2, 0.25) is 0 Å².